The third-order valence-electron chi connectivity index (χ3n) is 5.07. The SMILES string of the molecule is Cc1ccc(-n2ncc(C(=O)NCc3ccc(OCc4cccnc4)cc3)c2C(F)(F)F)cc1. The number of carbonyl (C=O) groups excluding carboxylic acids is 1. The van der Waals surface area contributed by atoms with Crippen LogP contribution in [0.2, 0.25) is 0 Å². The number of hydrogen-bond donors (Lipinski definition) is 1. The van der Waals surface area contributed by atoms with Gasteiger partial charge in [0.25, 0.3) is 5.91 Å². The molecule has 0 aliphatic heterocycles. The quantitative estimate of drug-likeness (QED) is 0.411. The van der Waals surface area contributed by atoms with E-state index in [0.29, 0.717) is 17.9 Å². The predicted octanol–water partition coefficient (Wildman–Crippen LogP) is 5.10. The number of rotatable bonds is 7. The number of aryl methyl sites for hydroxylation is 1. The fraction of sp³-hybridized carbons (Fsp3) is 0.160. The molecule has 2 heterocycles. The van der Waals surface area contributed by atoms with Crippen molar-refractivity contribution in [1.82, 2.24) is 20.1 Å². The van der Waals surface area contributed by atoms with Crippen LogP contribution in [-0.4, -0.2) is 20.7 Å². The van der Waals surface area contributed by atoms with Crippen molar-refractivity contribution in [2.45, 2.75) is 26.3 Å². The second kappa shape index (κ2) is 9.78. The third-order valence-corrected chi connectivity index (χ3v) is 5.07. The lowest BCUT2D eigenvalue weighted by atomic mass is 10.2. The minimum absolute atomic E-state index is 0.0503. The Hall–Kier alpha value is -4.14. The summed E-state index contributed by atoms with van der Waals surface area (Å²) in [5.41, 5.74) is 1.10. The Balaban J connectivity index is 1.43. The molecule has 4 rings (SSSR count). The molecule has 6 nitrogen and oxygen atoms in total. The maximum atomic E-state index is 13.8. The van der Waals surface area contributed by atoms with Crippen molar-refractivity contribution in [3.63, 3.8) is 0 Å². The van der Waals surface area contributed by atoms with Crippen molar-refractivity contribution < 1.29 is 22.7 Å². The molecule has 0 unspecified atom stereocenters. The Bertz CT molecular complexity index is 1250. The number of pyridine rings is 1. The summed E-state index contributed by atoms with van der Waals surface area (Å²) >= 11 is 0. The zero-order chi connectivity index (χ0) is 24.1. The third kappa shape index (κ3) is 5.43. The fourth-order valence-electron chi connectivity index (χ4n) is 3.30. The highest BCUT2D eigenvalue weighted by Gasteiger charge is 2.40. The van der Waals surface area contributed by atoms with E-state index >= 15 is 0 Å². The molecule has 0 aliphatic rings. The highest BCUT2D eigenvalue weighted by Crippen LogP contribution is 2.33. The first-order chi connectivity index (χ1) is 16.3. The second-order valence-corrected chi connectivity index (χ2v) is 7.63. The molecule has 0 bridgehead atoms. The molecule has 9 heteroatoms. The monoisotopic (exact) mass is 466 g/mol. The summed E-state index contributed by atoms with van der Waals surface area (Å²) in [5, 5.41) is 6.37. The standard InChI is InChI=1S/C25H21F3N4O2/c1-17-4-8-20(9-5-17)32-23(25(26,27)28)22(15-31-32)24(33)30-14-18-6-10-21(11-7-18)34-16-19-3-2-12-29-13-19/h2-13,15H,14,16H2,1H3,(H,30,33). The largest absolute Gasteiger partial charge is 0.489 e. The fourth-order valence-corrected chi connectivity index (χ4v) is 3.30. The van der Waals surface area contributed by atoms with Crippen molar-refractivity contribution in [2.75, 3.05) is 0 Å². The molecular weight excluding hydrogens is 445 g/mol. The number of halogens is 3. The van der Waals surface area contributed by atoms with Crippen LogP contribution < -0.4 is 10.1 Å². The summed E-state index contributed by atoms with van der Waals surface area (Å²) in [6, 6.07) is 17.1. The van der Waals surface area contributed by atoms with E-state index in [1.54, 1.807) is 48.8 Å². The first-order valence-corrected chi connectivity index (χ1v) is 10.4. The smallest absolute Gasteiger partial charge is 0.434 e. The van der Waals surface area contributed by atoms with Crippen LogP contribution >= 0.6 is 0 Å². The van der Waals surface area contributed by atoms with E-state index in [4.69, 9.17) is 4.74 Å². The van der Waals surface area contributed by atoms with Gasteiger partial charge in [0.05, 0.1) is 17.4 Å². The lowest BCUT2D eigenvalue weighted by Gasteiger charge is -2.13. The number of benzene rings is 2. The Morgan fingerprint density at radius 3 is 2.38 bits per heavy atom. The Labute approximate surface area is 194 Å². The van der Waals surface area contributed by atoms with E-state index in [9.17, 15) is 18.0 Å². The number of alkyl halides is 3. The summed E-state index contributed by atoms with van der Waals surface area (Å²) in [6.45, 7) is 2.24. The lowest BCUT2D eigenvalue weighted by molar-refractivity contribution is -0.143. The van der Waals surface area contributed by atoms with Crippen molar-refractivity contribution in [1.29, 1.82) is 0 Å². The van der Waals surface area contributed by atoms with Crippen LogP contribution in [0.3, 0.4) is 0 Å². The van der Waals surface area contributed by atoms with Crippen molar-refractivity contribution in [2.24, 2.45) is 0 Å². The molecule has 2 aromatic carbocycles. The molecular formula is C25H21F3N4O2. The van der Waals surface area contributed by atoms with Gasteiger partial charge in [-0.1, -0.05) is 35.9 Å². The van der Waals surface area contributed by atoms with Gasteiger partial charge in [0.1, 0.15) is 12.4 Å². The molecule has 2 aromatic heterocycles. The summed E-state index contributed by atoms with van der Waals surface area (Å²) in [6.07, 6.45) is -0.438. The van der Waals surface area contributed by atoms with Crippen LogP contribution in [0.5, 0.6) is 5.75 Å². The van der Waals surface area contributed by atoms with E-state index in [1.807, 2.05) is 19.1 Å². The van der Waals surface area contributed by atoms with Gasteiger partial charge < -0.3 is 10.1 Å². The van der Waals surface area contributed by atoms with Gasteiger partial charge in [-0.3, -0.25) is 9.78 Å². The molecule has 1 N–H and O–H groups in total. The minimum Gasteiger partial charge on any atom is -0.489 e. The first-order valence-electron chi connectivity index (χ1n) is 10.4. The number of amides is 1. The van der Waals surface area contributed by atoms with Crippen LogP contribution in [-0.2, 0) is 19.3 Å². The van der Waals surface area contributed by atoms with E-state index in [1.165, 1.54) is 12.1 Å². The minimum atomic E-state index is -4.76. The summed E-state index contributed by atoms with van der Waals surface area (Å²) in [5.74, 6) is -0.236. The molecule has 34 heavy (non-hydrogen) atoms. The maximum absolute atomic E-state index is 13.8. The van der Waals surface area contributed by atoms with Gasteiger partial charge in [-0.25, -0.2) is 4.68 Å². The van der Waals surface area contributed by atoms with Crippen LogP contribution in [0.4, 0.5) is 13.2 Å². The molecule has 0 fully saturated rings. The zero-order valence-electron chi connectivity index (χ0n) is 18.2. The molecule has 0 atom stereocenters. The van der Waals surface area contributed by atoms with E-state index in [2.05, 4.69) is 15.4 Å². The van der Waals surface area contributed by atoms with Crippen LogP contribution in [0, 0.1) is 6.92 Å². The van der Waals surface area contributed by atoms with Gasteiger partial charge in [-0.15, -0.1) is 0 Å². The van der Waals surface area contributed by atoms with Gasteiger partial charge in [-0.05, 0) is 42.8 Å². The Morgan fingerprint density at radius 1 is 1.00 bits per heavy atom. The predicted molar refractivity (Wildman–Crippen MR) is 119 cm³/mol. The van der Waals surface area contributed by atoms with E-state index in [-0.39, 0.29) is 12.2 Å². The lowest BCUT2D eigenvalue weighted by Crippen LogP contribution is -2.26. The highest BCUT2D eigenvalue weighted by atomic mass is 19.4. The van der Waals surface area contributed by atoms with Crippen LogP contribution in [0.15, 0.2) is 79.3 Å². The van der Waals surface area contributed by atoms with Gasteiger partial charge in [0.15, 0.2) is 5.69 Å². The van der Waals surface area contributed by atoms with Gasteiger partial charge in [0, 0.05) is 24.5 Å². The van der Waals surface area contributed by atoms with E-state index < -0.39 is 23.3 Å². The van der Waals surface area contributed by atoms with Crippen molar-refractivity contribution in [3.05, 3.63) is 107 Å². The molecule has 4 aromatic rings. The average Bonchev–Trinajstić information content (AvgIpc) is 3.29. The second-order valence-electron chi connectivity index (χ2n) is 7.63. The molecule has 1 amide bonds. The summed E-state index contributed by atoms with van der Waals surface area (Å²) in [7, 11) is 0. The van der Waals surface area contributed by atoms with Crippen molar-refractivity contribution >= 4 is 5.91 Å². The van der Waals surface area contributed by atoms with Crippen LogP contribution in [0.25, 0.3) is 5.69 Å². The van der Waals surface area contributed by atoms with Crippen molar-refractivity contribution in [3.8, 4) is 11.4 Å². The van der Waals surface area contributed by atoms with E-state index in [0.717, 1.165) is 22.0 Å². The molecule has 0 spiro atoms. The van der Waals surface area contributed by atoms with Crippen LogP contribution in [0.1, 0.15) is 32.7 Å². The normalized spacial score (nSPS) is 11.3. The number of ether oxygens (including phenoxy) is 1. The Morgan fingerprint density at radius 2 is 1.74 bits per heavy atom. The number of hydrogen-bond acceptors (Lipinski definition) is 4. The zero-order valence-corrected chi connectivity index (χ0v) is 18.2. The summed E-state index contributed by atoms with van der Waals surface area (Å²) in [4.78, 5) is 16.6. The highest BCUT2D eigenvalue weighted by molar-refractivity contribution is 5.95. The van der Waals surface area contributed by atoms with Gasteiger partial charge in [0.2, 0.25) is 0 Å². The molecule has 0 radical (unpaired) electrons. The number of carbonyl (C=O) groups is 1. The topological polar surface area (TPSA) is 69.0 Å². The van der Waals surface area contributed by atoms with Gasteiger partial charge >= 0.3 is 6.18 Å². The average molecular weight is 466 g/mol. The molecule has 174 valence electrons. The van der Waals surface area contributed by atoms with Gasteiger partial charge in [-0.2, -0.15) is 18.3 Å². The number of aromatic nitrogens is 3. The number of nitrogens with zero attached hydrogens (tertiary/aromatic N) is 3. The summed E-state index contributed by atoms with van der Waals surface area (Å²) < 4.78 is 47.9. The maximum Gasteiger partial charge on any atom is 0.434 e. The number of nitrogens with one attached hydrogen (secondary N) is 1. The molecule has 0 saturated carbocycles. The Kier molecular flexibility index (Phi) is 6.62. The molecule has 0 aliphatic carbocycles. The first kappa shape index (κ1) is 23.0. The molecule has 0 saturated heterocycles.